The number of thioether (sulfide) groups is 1. The van der Waals surface area contributed by atoms with E-state index in [1.165, 1.54) is 43.4 Å². The van der Waals surface area contributed by atoms with Gasteiger partial charge in [-0.3, -0.25) is 14.4 Å². The van der Waals surface area contributed by atoms with E-state index < -0.39 is 11.8 Å². The summed E-state index contributed by atoms with van der Waals surface area (Å²) in [5, 5.41) is 7.45. The number of Topliss-reactive ketones (excluding diaryl/α,β-unsaturated/α-hetero) is 1. The second kappa shape index (κ2) is 13.5. The first-order valence-electron chi connectivity index (χ1n) is 11.9. The topological polar surface area (TPSA) is 93.7 Å². The number of hydrogen-bond acceptors (Lipinski definition) is 7. The fraction of sp³-hybridized carbons (Fsp3) is 0.100. The summed E-state index contributed by atoms with van der Waals surface area (Å²) in [4.78, 5) is 40.3. The molecular weight excluding hydrogens is 532 g/mol. The van der Waals surface area contributed by atoms with Crippen LogP contribution >= 0.6 is 23.1 Å². The molecule has 0 aliphatic heterocycles. The van der Waals surface area contributed by atoms with Gasteiger partial charge in [0.2, 0.25) is 0 Å². The molecule has 7 nitrogen and oxygen atoms in total. The molecule has 198 valence electrons. The molecule has 0 atom stereocenters. The number of hydrogen-bond donors (Lipinski definition) is 2. The van der Waals surface area contributed by atoms with E-state index in [2.05, 4.69) is 10.6 Å². The lowest BCUT2D eigenvalue weighted by atomic mass is 10.1. The number of methoxy groups -OCH3 is 2. The second-order valence-corrected chi connectivity index (χ2v) is 10.1. The normalized spacial score (nSPS) is 11.0. The molecule has 0 fully saturated rings. The Kier molecular flexibility index (Phi) is 9.55. The van der Waals surface area contributed by atoms with Crippen molar-refractivity contribution in [2.45, 2.75) is 4.90 Å². The molecule has 9 heteroatoms. The summed E-state index contributed by atoms with van der Waals surface area (Å²) in [5.74, 6) is 0.281. The molecule has 4 rings (SSSR count). The van der Waals surface area contributed by atoms with Gasteiger partial charge in [0.25, 0.3) is 11.8 Å². The van der Waals surface area contributed by atoms with Crippen molar-refractivity contribution < 1.29 is 23.9 Å². The number of anilines is 1. The van der Waals surface area contributed by atoms with Crippen molar-refractivity contribution in [1.29, 1.82) is 0 Å². The van der Waals surface area contributed by atoms with Crippen LogP contribution in [0.5, 0.6) is 11.5 Å². The SMILES string of the molecule is COc1cccc(/C=C(\NC(=O)c2ccccc2)C(=O)Nc2cccc(SCC(=O)c3cccs3)c2)c1OC. The number of amides is 2. The van der Waals surface area contributed by atoms with Crippen molar-refractivity contribution in [1.82, 2.24) is 5.32 Å². The van der Waals surface area contributed by atoms with Crippen molar-refractivity contribution in [2.75, 3.05) is 25.3 Å². The largest absolute Gasteiger partial charge is 0.493 e. The Bertz CT molecular complexity index is 1480. The molecule has 1 aromatic heterocycles. The smallest absolute Gasteiger partial charge is 0.272 e. The number of carbonyl (C=O) groups is 3. The molecule has 3 aromatic carbocycles. The van der Waals surface area contributed by atoms with Crippen LogP contribution in [0.15, 0.2) is 101 Å². The van der Waals surface area contributed by atoms with Gasteiger partial charge in [-0.15, -0.1) is 23.1 Å². The van der Waals surface area contributed by atoms with Crippen molar-refractivity contribution in [3.63, 3.8) is 0 Å². The molecule has 0 saturated carbocycles. The fourth-order valence-electron chi connectivity index (χ4n) is 3.64. The Morgan fingerprint density at radius 2 is 1.69 bits per heavy atom. The van der Waals surface area contributed by atoms with Gasteiger partial charge in [-0.1, -0.05) is 42.5 Å². The van der Waals surface area contributed by atoms with E-state index in [-0.39, 0.29) is 17.2 Å². The van der Waals surface area contributed by atoms with Gasteiger partial charge >= 0.3 is 0 Å². The third kappa shape index (κ3) is 7.37. The average Bonchev–Trinajstić information content (AvgIpc) is 3.51. The molecule has 0 bridgehead atoms. The summed E-state index contributed by atoms with van der Waals surface area (Å²) in [5.41, 5.74) is 1.49. The third-order valence-electron chi connectivity index (χ3n) is 5.52. The van der Waals surface area contributed by atoms with E-state index in [1.54, 1.807) is 72.8 Å². The highest BCUT2D eigenvalue weighted by Gasteiger charge is 2.18. The van der Waals surface area contributed by atoms with Gasteiger partial charge < -0.3 is 20.1 Å². The molecule has 39 heavy (non-hydrogen) atoms. The van der Waals surface area contributed by atoms with Gasteiger partial charge in [-0.2, -0.15) is 0 Å². The number of ether oxygens (including phenoxy) is 2. The summed E-state index contributed by atoms with van der Waals surface area (Å²) >= 11 is 2.80. The van der Waals surface area contributed by atoms with E-state index in [0.717, 1.165) is 4.90 Å². The monoisotopic (exact) mass is 558 g/mol. The zero-order valence-electron chi connectivity index (χ0n) is 21.3. The van der Waals surface area contributed by atoms with Crippen LogP contribution in [0.3, 0.4) is 0 Å². The van der Waals surface area contributed by atoms with Crippen molar-refractivity contribution in [3.05, 3.63) is 112 Å². The second-order valence-electron chi connectivity index (χ2n) is 8.13. The van der Waals surface area contributed by atoms with Gasteiger partial charge in [-0.25, -0.2) is 0 Å². The predicted molar refractivity (Wildman–Crippen MR) is 156 cm³/mol. The summed E-state index contributed by atoms with van der Waals surface area (Å²) in [6.45, 7) is 0. The summed E-state index contributed by atoms with van der Waals surface area (Å²) in [7, 11) is 3.03. The number of ketones is 1. The minimum Gasteiger partial charge on any atom is -0.493 e. The molecule has 2 amide bonds. The van der Waals surface area contributed by atoms with E-state index in [4.69, 9.17) is 9.47 Å². The van der Waals surface area contributed by atoms with Crippen LogP contribution in [0, 0.1) is 0 Å². The fourth-order valence-corrected chi connectivity index (χ4v) is 5.24. The van der Waals surface area contributed by atoms with E-state index in [9.17, 15) is 14.4 Å². The number of carbonyl (C=O) groups excluding carboxylic acids is 3. The minimum absolute atomic E-state index is 0.0151. The van der Waals surface area contributed by atoms with Crippen molar-refractivity contribution >= 4 is 52.5 Å². The van der Waals surface area contributed by atoms with Gasteiger partial charge in [0.15, 0.2) is 17.3 Å². The van der Waals surface area contributed by atoms with Crippen LogP contribution < -0.4 is 20.1 Å². The first-order chi connectivity index (χ1) is 19.0. The highest BCUT2D eigenvalue weighted by atomic mass is 32.2. The number of thiophene rings is 1. The molecule has 0 unspecified atom stereocenters. The Balaban J connectivity index is 1.57. The zero-order valence-corrected chi connectivity index (χ0v) is 22.9. The molecule has 0 radical (unpaired) electrons. The third-order valence-corrected chi connectivity index (χ3v) is 7.42. The van der Waals surface area contributed by atoms with Gasteiger partial charge in [-0.05, 0) is 53.9 Å². The molecule has 0 aliphatic carbocycles. The van der Waals surface area contributed by atoms with E-state index >= 15 is 0 Å². The zero-order chi connectivity index (χ0) is 27.6. The van der Waals surface area contributed by atoms with Crippen LogP contribution in [0.4, 0.5) is 5.69 Å². The average molecular weight is 559 g/mol. The molecule has 0 aliphatic rings. The number of benzene rings is 3. The van der Waals surface area contributed by atoms with Gasteiger partial charge in [0.1, 0.15) is 5.70 Å². The number of para-hydroxylation sites is 1. The molecule has 1 heterocycles. The van der Waals surface area contributed by atoms with Gasteiger partial charge in [0, 0.05) is 21.7 Å². The van der Waals surface area contributed by atoms with E-state index in [1.807, 2.05) is 17.5 Å². The molecular formula is C30H26N2O5S2. The van der Waals surface area contributed by atoms with Crippen LogP contribution in [-0.2, 0) is 4.79 Å². The summed E-state index contributed by atoms with van der Waals surface area (Å²) in [6.07, 6.45) is 1.54. The highest BCUT2D eigenvalue weighted by molar-refractivity contribution is 8.00. The number of nitrogens with one attached hydrogen (secondary N) is 2. The molecule has 2 N–H and O–H groups in total. The highest BCUT2D eigenvalue weighted by Crippen LogP contribution is 2.32. The summed E-state index contributed by atoms with van der Waals surface area (Å²) in [6, 6.07) is 24.7. The maximum atomic E-state index is 13.4. The minimum atomic E-state index is -0.527. The quantitative estimate of drug-likeness (QED) is 0.130. The Hall–Kier alpha value is -4.34. The van der Waals surface area contributed by atoms with Crippen molar-refractivity contribution in [3.8, 4) is 11.5 Å². The van der Waals surface area contributed by atoms with Gasteiger partial charge in [0.05, 0.1) is 24.8 Å². The molecule has 0 spiro atoms. The first-order valence-corrected chi connectivity index (χ1v) is 13.7. The lowest BCUT2D eigenvalue weighted by molar-refractivity contribution is -0.113. The summed E-state index contributed by atoms with van der Waals surface area (Å²) < 4.78 is 10.9. The lowest BCUT2D eigenvalue weighted by Crippen LogP contribution is -2.30. The standard InChI is InChI=1S/C30H26N2O5S2/c1-36-26-14-6-11-21(28(26)37-2)17-24(32-29(34)20-9-4-3-5-10-20)30(35)31-22-12-7-13-23(18-22)39-19-25(33)27-15-8-16-38-27/h3-18H,19H2,1-2H3,(H,31,35)(H,32,34)/b24-17-. The van der Waals surface area contributed by atoms with E-state index in [0.29, 0.717) is 33.2 Å². The van der Waals surface area contributed by atoms with Crippen LogP contribution in [0.2, 0.25) is 0 Å². The van der Waals surface area contributed by atoms with Crippen LogP contribution in [0.25, 0.3) is 6.08 Å². The molecule has 0 saturated heterocycles. The van der Waals surface area contributed by atoms with Crippen molar-refractivity contribution in [2.24, 2.45) is 0 Å². The maximum absolute atomic E-state index is 13.4. The Morgan fingerprint density at radius 3 is 2.41 bits per heavy atom. The Labute approximate surface area is 234 Å². The number of rotatable bonds is 11. The predicted octanol–water partition coefficient (Wildman–Crippen LogP) is 6.15. The molecule has 4 aromatic rings. The maximum Gasteiger partial charge on any atom is 0.272 e. The van der Waals surface area contributed by atoms with Crippen LogP contribution in [-0.4, -0.2) is 37.6 Å². The van der Waals surface area contributed by atoms with Crippen LogP contribution in [0.1, 0.15) is 25.6 Å². The lowest BCUT2D eigenvalue weighted by Gasteiger charge is -2.14. The Morgan fingerprint density at radius 1 is 0.897 bits per heavy atom. The first kappa shape index (κ1) is 27.7.